The van der Waals surface area contributed by atoms with Gasteiger partial charge in [0.1, 0.15) is 22.9 Å². The molecular weight excluding hydrogens is 448 g/mol. The predicted molar refractivity (Wildman–Crippen MR) is 133 cm³/mol. The summed E-state index contributed by atoms with van der Waals surface area (Å²) in [4.78, 5) is 17.6. The number of pyridine rings is 1. The Morgan fingerprint density at radius 2 is 1.91 bits per heavy atom. The van der Waals surface area contributed by atoms with Gasteiger partial charge >= 0.3 is 0 Å². The number of aromatic nitrogens is 5. The molecule has 0 amide bonds. The first kappa shape index (κ1) is 23.3. The van der Waals surface area contributed by atoms with Crippen LogP contribution in [-0.2, 0) is 6.42 Å². The van der Waals surface area contributed by atoms with Crippen LogP contribution in [0.25, 0.3) is 22.3 Å². The number of nitrogens with zero attached hydrogens (tertiary/aromatic N) is 5. The first-order valence-electron chi connectivity index (χ1n) is 12.1. The number of hydrogen-bond donors (Lipinski definition) is 2. The van der Waals surface area contributed by atoms with Gasteiger partial charge in [-0.1, -0.05) is 19.9 Å². The van der Waals surface area contributed by atoms with Gasteiger partial charge in [-0.2, -0.15) is 0 Å². The Hall–Kier alpha value is -3.46. The molecule has 1 aliphatic rings. The van der Waals surface area contributed by atoms with Gasteiger partial charge in [-0.25, -0.2) is 28.7 Å². The second kappa shape index (κ2) is 9.30. The van der Waals surface area contributed by atoms with Crippen molar-refractivity contribution < 1.29 is 8.78 Å². The number of hydrogen-bond acceptors (Lipinski definition) is 6. The summed E-state index contributed by atoms with van der Waals surface area (Å²) in [5, 5.41) is 6.49. The van der Waals surface area contributed by atoms with Crippen LogP contribution in [0.1, 0.15) is 62.8 Å². The number of benzene rings is 1. The molecule has 0 radical (unpaired) electrons. The van der Waals surface area contributed by atoms with E-state index in [2.05, 4.69) is 46.4 Å². The number of anilines is 2. The second-order valence-electron chi connectivity index (χ2n) is 9.00. The maximum atomic E-state index is 15.1. The van der Waals surface area contributed by atoms with Crippen molar-refractivity contribution in [1.82, 2.24) is 29.8 Å². The molecule has 5 rings (SSSR count). The normalized spacial score (nSPS) is 15.6. The molecule has 3 aromatic heterocycles. The minimum atomic E-state index is -0.627. The van der Waals surface area contributed by atoms with Gasteiger partial charge in [0.05, 0.1) is 11.7 Å². The van der Waals surface area contributed by atoms with Crippen molar-refractivity contribution in [3.05, 3.63) is 59.2 Å². The third-order valence-electron chi connectivity index (χ3n) is 6.78. The minimum absolute atomic E-state index is 0.0223. The summed E-state index contributed by atoms with van der Waals surface area (Å²) < 4.78 is 32.0. The summed E-state index contributed by atoms with van der Waals surface area (Å²) in [6, 6.07) is 7.35. The highest BCUT2D eigenvalue weighted by Gasteiger charge is 2.21. The van der Waals surface area contributed by atoms with Crippen LogP contribution in [0.2, 0.25) is 0 Å². The van der Waals surface area contributed by atoms with Gasteiger partial charge in [-0.05, 0) is 50.5 Å². The van der Waals surface area contributed by atoms with Gasteiger partial charge in [-0.3, -0.25) is 0 Å². The molecular formula is C26H29F2N7. The Morgan fingerprint density at radius 1 is 1.11 bits per heavy atom. The molecule has 182 valence electrons. The molecule has 1 aliphatic heterocycles. The molecule has 0 bridgehead atoms. The highest BCUT2D eigenvalue weighted by atomic mass is 19.1. The molecule has 4 aromatic rings. The Kier molecular flexibility index (Phi) is 6.19. The molecule has 1 atom stereocenters. The maximum absolute atomic E-state index is 15.1. The van der Waals surface area contributed by atoms with Crippen molar-refractivity contribution in [3.63, 3.8) is 0 Å². The van der Waals surface area contributed by atoms with Gasteiger partial charge < -0.3 is 15.2 Å². The molecule has 1 aromatic carbocycles. The molecule has 35 heavy (non-hydrogen) atoms. The van der Waals surface area contributed by atoms with Gasteiger partial charge in [-0.15, -0.1) is 0 Å². The maximum Gasteiger partial charge on any atom is 0.229 e. The van der Waals surface area contributed by atoms with E-state index in [4.69, 9.17) is 4.98 Å². The van der Waals surface area contributed by atoms with Gasteiger partial charge in [0.25, 0.3) is 0 Å². The van der Waals surface area contributed by atoms with Gasteiger partial charge in [0, 0.05) is 36.3 Å². The molecule has 0 saturated carbocycles. The number of imidazole rings is 1. The number of nitrogens with one attached hydrogen (secondary N) is 2. The average molecular weight is 478 g/mol. The first-order chi connectivity index (χ1) is 16.9. The first-order valence-corrected chi connectivity index (χ1v) is 12.1. The molecule has 0 spiro atoms. The Morgan fingerprint density at radius 3 is 2.69 bits per heavy atom. The summed E-state index contributed by atoms with van der Waals surface area (Å²) in [6.07, 6.45) is 3.69. The molecule has 0 fully saturated rings. The second-order valence-corrected chi connectivity index (χ2v) is 9.00. The van der Waals surface area contributed by atoms with E-state index >= 15 is 4.39 Å². The number of aryl methyl sites for hydroxylation is 1. The number of halogens is 2. The van der Waals surface area contributed by atoms with Crippen LogP contribution in [0.3, 0.4) is 0 Å². The van der Waals surface area contributed by atoms with Crippen LogP contribution in [-0.4, -0.2) is 31.0 Å². The SMILES string of the molecule is CCC(CC)n1c(C)nc2c(F)cc(-c3nc(Nc4ccc5c(n4)CCN[C@H]5C)ncc3F)cc21. The summed E-state index contributed by atoms with van der Waals surface area (Å²) in [7, 11) is 0. The topological polar surface area (TPSA) is 80.5 Å². The zero-order chi connectivity index (χ0) is 24.7. The lowest BCUT2D eigenvalue weighted by Gasteiger charge is -2.23. The number of rotatable bonds is 6. The van der Waals surface area contributed by atoms with Crippen LogP contribution in [0.15, 0.2) is 30.5 Å². The van der Waals surface area contributed by atoms with E-state index in [9.17, 15) is 4.39 Å². The highest BCUT2D eigenvalue weighted by molar-refractivity contribution is 5.83. The summed E-state index contributed by atoms with van der Waals surface area (Å²) in [5.74, 6) is 0.383. The Balaban J connectivity index is 1.53. The van der Waals surface area contributed by atoms with E-state index in [0.717, 1.165) is 49.1 Å². The molecule has 7 nitrogen and oxygen atoms in total. The fourth-order valence-corrected chi connectivity index (χ4v) is 4.96. The molecule has 4 heterocycles. The van der Waals surface area contributed by atoms with E-state index in [0.29, 0.717) is 16.9 Å². The molecule has 0 aliphatic carbocycles. The fraction of sp³-hybridized carbons (Fsp3) is 0.385. The van der Waals surface area contributed by atoms with Crippen molar-refractivity contribution >= 4 is 22.8 Å². The van der Waals surface area contributed by atoms with Gasteiger partial charge in [0.15, 0.2) is 11.6 Å². The van der Waals surface area contributed by atoms with E-state index in [-0.39, 0.29) is 29.2 Å². The largest absolute Gasteiger partial charge is 0.325 e. The minimum Gasteiger partial charge on any atom is -0.325 e. The lowest BCUT2D eigenvalue weighted by atomic mass is 10.0. The fourth-order valence-electron chi connectivity index (χ4n) is 4.96. The van der Waals surface area contributed by atoms with Crippen molar-refractivity contribution in [2.75, 3.05) is 11.9 Å². The van der Waals surface area contributed by atoms with Crippen molar-refractivity contribution in [3.8, 4) is 11.3 Å². The summed E-state index contributed by atoms with van der Waals surface area (Å²) >= 11 is 0. The van der Waals surface area contributed by atoms with Crippen LogP contribution in [0.5, 0.6) is 0 Å². The van der Waals surface area contributed by atoms with E-state index in [1.807, 2.05) is 23.6 Å². The van der Waals surface area contributed by atoms with E-state index in [1.54, 1.807) is 6.07 Å². The smallest absolute Gasteiger partial charge is 0.229 e. The average Bonchev–Trinajstić information content (AvgIpc) is 3.18. The Labute approximate surface area is 203 Å². The summed E-state index contributed by atoms with van der Waals surface area (Å²) in [5.41, 5.74) is 3.46. The zero-order valence-corrected chi connectivity index (χ0v) is 20.4. The van der Waals surface area contributed by atoms with Crippen LogP contribution >= 0.6 is 0 Å². The predicted octanol–water partition coefficient (Wildman–Crippen LogP) is 5.79. The standard InChI is InChI=1S/C26H29F2N7/c1-5-17(6-2)35-15(4)31-25-19(27)11-16(12-22(25)35)24-20(28)13-30-26(34-24)33-23-8-7-18-14(3)29-10-9-21(18)32-23/h7-8,11-14,17,29H,5-6,9-10H2,1-4H3,(H,30,32,33,34)/t14-/m0/s1. The lowest BCUT2D eigenvalue weighted by Crippen LogP contribution is -2.28. The molecule has 0 unspecified atom stereocenters. The van der Waals surface area contributed by atoms with E-state index < -0.39 is 11.6 Å². The monoisotopic (exact) mass is 477 g/mol. The molecule has 2 N–H and O–H groups in total. The Bertz CT molecular complexity index is 1390. The molecule has 0 saturated heterocycles. The van der Waals surface area contributed by atoms with E-state index in [1.165, 1.54) is 6.07 Å². The van der Waals surface area contributed by atoms with Gasteiger partial charge in [0.2, 0.25) is 5.95 Å². The lowest BCUT2D eigenvalue weighted by molar-refractivity contribution is 0.473. The third-order valence-corrected chi connectivity index (χ3v) is 6.78. The van der Waals surface area contributed by atoms with Crippen molar-refractivity contribution in [2.24, 2.45) is 0 Å². The van der Waals surface area contributed by atoms with Crippen LogP contribution in [0.4, 0.5) is 20.5 Å². The van der Waals surface area contributed by atoms with Crippen molar-refractivity contribution in [1.29, 1.82) is 0 Å². The number of fused-ring (bicyclic) bond motifs is 2. The van der Waals surface area contributed by atoms with Crippen molar-refractivity contribution in [2.45, 2.75) is 59.0 Å². The highest BCUT2D eigenvalue weighted by Crippen LogP contribution is 2.32. The van der Waals surface area contributed by atoms with Crippen LogP contribution in [0, 0.1) is 18.6 Å². The van der Waals surface area contributed by atoms with Crippen LogP contribution < -0.4 is 10.6 Å². The third kappa shape index (κ3) is 4.25. The molecule has 9 heteroatoms. The summed E-state index contributed by atoms with van der Waals surface area (Å²) in [6.45, 7) is 9.02. The quantitative estimate of drug-likeness (QED) is 0.366. The zero-order valence-electron chi connectivity index (χ0n) is 20.4.